The van der Waals surface area contributed by atoms with E-state index in [4.69, 9.17) is 0 Å². The number of hydrogen-bond donors (Lipinski definition) is 4. The van der Waals surface area contributed by atoms with Crippen LogP contribution in [0.3, 0.4) is 0 Å². The summed E-state index contributed by atoms with van der Waals surface area (Å²) in [5.74, 6) is 0.430. The number of hydrazine groups is 2. The fourth-order valence-electron chi connectivity index (χ4n) is 2.57. The van der Waals surface area contributed by atoms with Crippen molar-refractivity contribution in [3.8, 4) is 0 Å². The van der Waals surface area contributed by atoms with Crippen molar-refractivity contribution in [1.82, 2.24) is 21.7 Å². The smallest absolute Gasteiger partial charge is 0.223 e. The molecule has 5 heteroatoms. The molecule has 0 aromatic heterocycles. The molecule has 1 spiro atoms. The Labute approximate surface area is 96.7 Å². The van der Waals surface area contributed by atoms with E-state index < -0.39 is 0 Å². The molecule has 0 aromatic rings. The molecule has 2 aliphatic rings. The zero-order valence-electron chi connectivity index (χ0n) is 10.1. The van der Waals surface area contributed by atoms with E-state index in [0.717, 1.165) is 32.2 Å². The van der Waals surface area contributed by atoms with Crippen molar-refractivity contribution in [3.63, 3.8) is 0 Å². The Balaban J connectivity index is 1.82. The summed E-state index contributed by atoms with van der Waals surface area (Å²) in [6.45, 7) is 4.97. The second kappa shape index (κ2) is 4.69. The van der Waals surface area contributed by atoms with Crippen LogP contribution in [0, 0.1) is 5.92 Å². The van der Waals surface area contributed by atoms with Crippen LogP contribution in [0.1, 0.15) is 39.5 Å². The summed E-state index contributed by atoms with van der Waals surface area (Å²) in [5, 5.41) is 3.00. The molecule has 1 amide bonds. The van der Waals surface area contributed by atoms with Crippen molar-refractivity contribution in [2.24, 2.45) is 5.92 Å². The molecular weight excluding hydrogens is 204 g/mol. The molecule has 0 aromatic carbocycles. The Morgan fingerprint density at radius 2 is 2.06 bits per heavy atom. The lowest BCUT2D eigenvalue weighted by Gasteiger charge is -2.35. The second-order valence-corrected chi connectivity index (χ2v) is 5.32. The van der Waals surface area contributed by atoms with Gasteiger partial charge in [-0.15, -0.1) is 0 Å². The van der Waals surface area contributed by atoms with Gasteiger partial charge in [-0.3, -0.25) is 4.79 Å². The molecule has 5 nitrogen and oxygen atoms in total. The van der Waals surface area contributed by atoms with Crippen LogP contribution < -0.4 is 21.7 Å². The van der Waals surface area contributed by atoms with Crippen LogP contribution in [0.4, 0.5) is 0 Å². The van der Waals surface area contributed by atoms with Crippen LogP contribution in [0.15, 0.2) is 0 Å². The molecule has 2 rings (SSSR count). The lowest BCUT2D eigenvalue weighted by Crippen LogP contribution is -2.50. The van der Waals surface area contributed by atoms with E-state index in [1.165, 1.54) is 0 Å². The molecule has 1 saturated carbocycles. The van der Waals surface area contributed by atoms with E-state index in [0.29, 0.717) is 0 Å². The van der Waals surface area contributed by atoms with Gasteiger partial charge in [-0.1, -0.05) is 0 Å². The van der Waals surface area contributed by atoms with Gasteiger partial charge in [0.15, 0.2) is 0 Å². The molecule has 1 saturated heterocycles. The van der Waals surface area contributed by atoms with Gasteiger partial charge >= 0.3 is 0 Å². The maximum Gasteiger partial charge on any atom is 0.223 e. The van der Waals surface area contributed by atoms with Crippen LogP contribution in [-0.4, -0.2) is 24.0 Å². The minimum atomic E-state index is 0.175. The third kappa shape index (κ3) is 2.53. The van der Waals surface area contributed by atoms with E-state index in [1.807, 2.05) is 13.8 Å². The summed E-state index contributed by atoms with van der Waals surface area (Å²) < 4.78 is 0. The van der Waals surface area contributed by atoms with Gasteiger partial charge in [-0.25, -0.2) is 10.9 Å². The highest BCUT2D eigenvalue weighted by Gasteiger charge is 2.39. The number of amides is 1. The molecular formula is C11H22N4O. The van der Waals surface area contributed by atoms with Gasteiger partial charge in [0.25, 0.3) is 0 Å². The normalized spacial score (nSPS) is 34.6. The highest BCUT2D eigenvalue weighted by atomic mass is 16.1. The molecule has 0 atom stereocenters. The first-order valence-electron chi connectivity index (χ1n) is 6.17. The maximum absolute atomic E-state index is 11.8. The Morgan fingerprint density at radius 3 is 2.56 bits per heavy atom. The molecule has 4 N–H and O–H groups in total. The van der Waals surface area contributed by atoms with Crippen molar-refractivity contribution in [3.05, 3.63) is 0 Å². The SMILES string of the molecule is CC(C)NC(=O)C1CCC2(CC1)CNNN2. The summed E-state index contributed by atoms with van der Waals surface area (Å²) in [6.07, 6.45) is 4.08. The Hall–Kier alpha value is -0.650. The van der Waals surface area contributed by atoms with Gasteiger partial charge in [0.2, 0.25) is 5.91 Å². The van der Waals surface area contributed by atoms with E-state index in [-0.39, 0.29) is 23.4 Å². The fraction of sp³-hybridized carbons (Fsp3) is 0.909. The average molecular weight is 226 g/mol. The van der Waals surface area contributed by atoms with Crippen LogP contribution >= 0.6 is 0 Å². The lowest BCUT2D eigenvalue weighted by molar-refractivity contribution is -0.126. The van der Waals surface area contributed by atoms with E-state index in [2.05, 4.69) is 21.7 Å². The zero-order valence-corrected chi connectivity index (χ0v) is 10.1. The number of carbonyl (C=O) groups excluding carboxylic acids is 1. The Bertz CT molecular complexity index is 251. The van der Waals surface area contributed by atoms with Crippen molar-refractivity contribution < 1.29 is 4.79 Å². The molecule has 1 aliphatic heterocycles. The molecule has 0 radical (unpaired) electrons. The van der Waals surface area contributed by atoms with E-state index >= 15 is 0 Å². The number of carbonyl (C=O) groups is 1. The lowest BCUT2D eigenvalue weighted by atomic mass is 9.76. The molecule has 1 heterocycles. The molecule has 2 fully saturated rings. The fourth-order valence-corrected chi connectivity index (χ4v) is 2.57. The summed E-state index contributed by atoms with van der Waals surface area (Å²) in [4.78, 5) is 11.8. The first-order valence-corrected chi connectivity index (χ1v) is 6.17. The van der Waals surface area contributed by atoms with Gasteiger partial charge < -0.3 is 5.32 Å². The van der Waals surface area contributed by atoms with Gasteiger partial charge in [0.1, 0.15) is 0 Å². The first-order chi connectivity index (χ1) is 7.61. The third-order valence-electron chi connectivity index (χ3n) is 3.59. The molecule has 0 bridgehead atoms. The van der Waals surface area contributed by atoms with Crippen molar-refractivity contribution in [2.75, 3.05) is 6.54 Å². The summed E-state index contributed by atoms with van der Waals surface area (Å²) >= 11 is 0. The molecule has 0 unspecified atom stereocenters. The Morgan fingerprint density at radius 1 is 1.38 bits per heavy atom. The summed E-state index contributed by atoms with van der Waals surface area (Å²) in [7, 11) is 0. The van der Waals surface area contributed by atoms with Gasteiger partial charge in [0.05, 0.1) is 0 Å². The summed E-state index contributed by atoms with van der Waals surface area (Å²) in [5.41, 5.74) is 9.51. The molecule has 92 valence electrons. The van der Waals surface area contributed by atoms with Crippen LogP contribution in [-0.2, 0) is 4.79 Å². The van der Waals surface area contributed by atoms with Crippen molar-refractivity contribution >= 4 is 5.91 Å². The van der Waals surface area contributed by atoms with Crippen molar-refractivity contribution in [2.45, 2.75) is 51.1 Å². The second-order valence-electron chi connectivity index (χ2n) is 5.32. The first kappa shape index (κ1) is 11.8. The number of nitrogens with one attached hydrogen (secondary N) is 4. The van der Waals surface area contributed by atoms with E-state index in [9.17, 15) is 4.79 Å². The molecule has 16 heavy (non-hydrogen) atoms. The molecule has 1 aliphatic carbocycles. The average Bonchev–Trinajstić information content (AvgIpc) is 2.66. The van der Waals surface area contributed by atoms with Gasteiger partial charge in [0, 0.05) is 24.0 Å². The van der Waals surface area contributed by atoms with Crippen molar-refractivity contribution in [1.29, 1.82) is 0 Å². The number of rotatable bonds is 2. The van der Waals surface area contributed by atoms with E-state index in [1.54, 1.807) is 0 Å². The Kier molecular flexibility index (Phi) is 3.47. The predicted octanol–water partition coefficient (Wildman–Crippen LogP) is 0.0524. The number of hydrogen-bond acceptors (Lipinski definition) is 4. The third-order valence-corrected chi connectivity index (χ3v) is 3.59. The van der Waals surface area contributed by atoms with Gasteiger partial charge in [-0.2, -0.15) is 5.53 Å². The predicted molar refractivity (Wildman–Crippen MR) is 62.2 cm³/mol. The zero-order chi connectivity index (χ0) is 11.6. The minimum Gasteiger partial charge on any atom is -0.354 e. The van der Waals surface area contributed by atoms with Gasteiger partial charge in [-0.05, 0) is 39.5 Å². The monoisotopic (exact) mass is 226 g/mol. The minimum absolute atomic E-state index is 0.175. The highest BCUT2D eigenvalue weighted by molar-refractivity contribution is 5.79. The standard InChI is InChI=1S/C11H22N4O/c1-8(2)13-10(16)9-3-5-11(6-4-9)7-12-15-14-11/h8-9,12,14-15H,3-7H2,1-2H3,(H,13,16). The summed E-state index contributed by atoms with van der Waals surface area (Å²) in [6, 6.07) is 0.247. The largest absolute Gasteiger partial charge is 0.354 e. The van der Waals surface area contributed by atoms with Crippen LogP contribution in [0.2, 0.25) is 0 Å². The topological polar surface area (TPSA) is 65.2 Å². The highest BCUT2D eigenvalue weighted by Crippen LogP contribution is 2.32. The maximum atomic E-state index is 11.8. The van der Waals surface area contributed by atoms with Crippen LogP contribution in [0.5, 0.6) is 0 Å². The quantitative estimate of drug-likeness (QED) is 0.537. The van der Waals surface area contributed by atoms with Crippen LogP contribution in [0.25, 0.3) is 0 Å².